The van der Waals surface area contributed by atoms with Gasteiger partial charge in [-0.3, -0.25) is 4.55 Å². The summed E-state index contributed by atoms with van der Waals surface area (Å²) in [7, 11) is -3.73. The summed E-state index contributed by atoms with van der Waals surface area (Å²) in [5.74, 6) is 0.645. The quantitative estimate of drug-likeness (QED) is 0.296. The molecule has 0 saturated carbocycles. The molecule has 0 radical (unpaired) electrons. The van der Waals surface area contributed by atoms with Gasteiger partial charge in [-0.15, -0.1) is 0 Å². The van der Waals surface area contributed by atoms with E-state index in [1.54, 1.807) is 0 Å². The minimum atomic E-state index is -3.73. The number of rotatable bonds is 5. The Kier molecular flexibility index (Phi) is 10.6. The second-order valence-electron chi connectivity index (χ2n) is 2.07. The third kappa shape index (κ3) is 14.2. The average Bonchev–Trinajstić information content (AvgIpc) is 1.78. The number of thiol groups is 1. The third-order valence-corrected chi connectivity index (χ3v) is 2.18. The van der Waals surface area contributed by atoms with Crippen molar-refractivity contribution >= 4 is 52.3 Å². The van der Waals surface area contributed by atoms with Crippen molar-refractivity contribution in [3.63, 3.8) is 0 Å². The summed E-state index contributed by atoms with van der Waals surface area (Å²) >= 11 is 3.95. The van der Waals surface area contributed by atoms with Gasteiger partial charge in [-0.25, -0.2) is 0 Å². The predicted molar refractivity (Wildman–Crippen MR) is 51.3 cm³/mol. The molecule has 0 spiro atoms. The van der Waals surface area contributed by atoms with Crippen molar-refractivity contribution in [2.45, 2.75) is 19.3 Å². The van der Waals surface area contributed by atoms with Gasteiger partial charge in [-0.2, -0.15) is 21.0 Å². The molecule has 64 valence electrons. The van der Waals surface area contributed by atoms with E-state index >= 15 is 0 Å². The number of hydrogen-bond acceptors (Lipinski definition) is 3. The molecular weight excluding hydrogens is 195 g/mol. The van der Waals surface area contributed by atoms with Crippen LogP contribution in [0.3, 0.4) is 0 Å². The molecule has 0 fully saturated rings. The summed E-state index contributed by atoms with van der Waals surface area (Å²) in [6.07, 6.45) is 2.24. The van der Waals surface area contributed by atoms with Crippen molar-refractivity contribution in [3.05, 3.63) is 0 Å². The molecule has 0 saturated heterocycles. The van der Waals surface area contributed by atoms with Crippen molar-refractivity contribution < 1.29 is 13.0 Å². The third-order valence-electron chi connectivity index (χ3n) is 1.06. The molecule has 0 aliphatic carbocycles. The Hall–Kier alpha value is 1.26. The van der Waals surface area contributed by atoms with Gasteiger partial charge in [-0.05, 0) is 18.6 Å². The van der Waals surface area contributed by atoms with Gasteiger partial charge < -0.3 is 0 Å². The van der Waals surface area contributed by atoms with Gasteiger partial charge in [0.25, 0.3) is 10.1 Å². The molecule has 0 rings (SSSR count). The van der Waals surface area contributed by atoms with E-state index in [0.29, 0.717) is 6.42 Å². The SMILES string of the molecule is O=S(=O)(O)CCCCCS.[NaH]. The molecule has 0 aliphatic heterocycles. The second kappa shape index (κ2) is 7.89. The zero-order chi connectivity index (χ0) is 8.04. The Labute approximate surface area is 95.4 Å². The Morgan fingerprint density at radius 2 is 1.73 bits per heavy atom. The Morgan fingerprint density at radius 3 is 2.09 bits per heavy atom. The monoisotopic (exact) mass is 208 g/mol. The van der Waals surface area contributed by atoms with Crippen LogP contribution in [0, 0.1) is 0 Å². The van der Waals surface area contributed by atoms with Crippen LogP contribution in [-0.2, 0) is 10.1 Å². The van der Waals surface area contributed by atoms with E-state index in [1.165, 1.54) is 0 Å². The van der Waals surface area contributed by atoms with Gasteiger partial charge in [0, 0.05) is 0 Å². The summed E-state index contributed by atoms with van der Waals surface area (Å²) in [5, 5.41) is 0. The Morgan fingerprint density at radius 1 is 1.18 bits per heavy atom. The molecular formula is C5H13NaO3S2. The fraction of sp³-hybridized carbons (Fsp3) is 1.00. The van der Waals surface area contributed by atoms with Gasteiger partial charge in [0.15, 0.2) is 0 Å². The summed E-state index contributed by atoms with van der Waals surface area (Å²) in [6, 6.07) is 0. The van der Waals surface area contributed by atoms with Crippen molar-refractivity contribution in [2.24, 2.45) is 0 Å². The summed E-state index contributed by atoms with van der Waals surface area (Å²) in [5.41, 5.74) is 0. The van der Waals surface area contributed by atoms with E-state index in [-0.39, 0.29) is 35.3 Å². The van der Waals surface area contributed by atoms with Crippen LogP contribution in [0.5, 0.6) is 0 Å². The second-order valence-corrected chi connectivity index (χ2v) is 4.09. The average molecular weight is 208 g/mol. The molecule has 0 unspecified atom stereocenters. The molecule has 11 heavy (non-hydrogen) atoms. The van der Waals surface area contributed by atoms with Crippen molar-refractivity contribution in [3.8, 4) is 0 Å². The normalized spacial score (nSPS) is 10.7. The van der Waals surface area contributed by atoms with Gasteiger partial charge in [0.05, 0.1) is 5.75 Å². The molecule has 0 heterocycles. The summed E-state index contributed by atoms with van der Waals surface area (Å²) in [6.45, 7) is 0. The van der Waals surface area contributed by atoms with Gasteiger partial charge in [0.1, 0.15) is 0 Å². The maximum absolute atomic E-state index is 10.1. The molecule has 0 aliphatic rings. The van der Waals surface area contributed by atoms with E-state index in [9.17, 15) is 8.42 Å². The summed E-state index contributed by atoms with van der Waals surface area (Å²) in [4.78, 5) is 0. The van der Waals surface area contributed by atoms with Crippen LogP contribution in [0.1, 0.15) is 19.3 Å². The molecule has 0 atom stereocenters. The molecule has 0 amide bonds. The number of unbranched alkanes of at least 4 members (excludes halogenated alkanes) is 2. The topological polar surface area (TPSA) is 54.4 Å². The van der Waals surface area contributed by atoms with Crippen molar-refractivity contribution in [1.29, 1.82) is 0 Å². The first-order valence-corrected chi connectivity index (χ1v) is 5.36. The molecule has 0 aromatic rings. The minimum absolute atomic E-state index is 0. The Balaban J connectivity index is 0. The van der Waals surface area contributed by atoms with E-state index in [0.717, 1.165) is 18.6 Å². The van der Waals surface area contributed by atoms with Crippen LogP contribution >= 0.6 is 12.6 Å². The van der Waals surface area contributed by atoms with Crippen LogP contribution in [0.4, 0.5) is 0 Å². The van der Waals surface area contributed by atoms with Crippen LogP contribution in [0.25, 0.3) is 0 Å². The van der Waals surface area contributed by atoms with E-state index < -0.39 is 10.1 Å². The van der Waals surface area contributed by atoms with Crippen LogP contribution in [0.2, 0.25) is 0 Å². The summed E-state index contributed by atoms with van der Waals surface area (Å²) < 4.78 is 28.5. The Bertz CT molecular complexity index is 167. The van der Waals surface area contributed by atoms with E-state index in [4.69, 9.17) is 4.55 Å². The van der Waals surface area contributed by atoms with Gasteiger partial charge >= 0.3 is 29.6 Å². The molecule has 3 nitrogen and oxygen atoms in total. The first-order valence-electron chi connectivity index (χ1n) is 3.12. The fourth-order valence-corrected chi connectivity index (χ4v) is 1.37. The zero-order valence-electron chi connectivity index (χ0n) is 5.65. The maximum atomic E-state index is 10.1. The van der Waals surface area contributed by atoms with Crippen molar-refractivity contribution in [2.75, 3.05) is 11.5 Å². The standard InChI is InChI=1S/C5H12O3S2.Na.H/c6-10(7,8)5-3-1-2-4-9;;/h9H,1-5H2,(H,6,7,8);;. The van der Waals surface area contributed by atoms with Gasteiger partial charge in [0.2, 0.25) is 0 Å². The van der Waals surface area contributed by atoms with Crippen LogP contribution < -0.4 is 0 Å². The fourth-order valence-electron chi connectivity index (χ4n) is 0.573. The van der Waals surface area contributed by atoms with E-state index in [1.807, 2.05) is 0 Å². The van der Waals surface area contributed by atoms with Crippen molar-refractivity contribution in [1.82, 2.24) is 0 Å². The van der Waals surface area contributed by atoms with Crippen LogP contribution in [0.15, 0.2) is 0 Å². The van der Waals surface area contributed by atoms with E-state index in [2.05, 4.69) is 12.6 Å². The first kappa shape index (κ1) is 14.8. The predicted octanol–water partition coefficient (Wildman–Crippen LogP) is 0.326. The molecule has 0 bridgehead atoms. The van der Waals surface area contributed by atoms with Crippen LogP contribution in [-0.4, -0.2) is 54.0 Å². The molecule has 0 aromatic heterocycles. The molecule has 1 N–H and O–H groups in total. The van der Waals surface area contributed by atoms with Gasteiger partial charge in [-0.1, -0.05) is 6.42 Å². The zero-order valence-corrected chi connectivity index (χ0v) is 7.37. The molecule has 0 aromatic carbocycles. The molecule has 6 heteroatoms. The number of hydrogen-bond donors (Lipinski definition) is 2. The first-order chi connectivity index (χ1) is 4.56.